The topological polar surface area (TPSA) is 93.4 Å². The van der Waals surface area contributed by atoms with Crippen LogP contribution in [-0.2, 0) is 9.53 Å². The predicted molar refractivity (Wildman–Crippen MR) is 76.8 cm³/mol. The average Bonchev–Trinajstić information content (AvgIpc) is 2.46. The Morgan fingerprint density at radius 3 is 2.90 bits per heavy atom. The molecule has 1 aliphatic heterocycles. The summed E-state index contributed by atoms with van der Waals surface area (Å²) in [5, 5.41) is 3.08. The van der Waals surface area contributed by atoms with Crippen molar-refractivity contribution in [3.8, 4) is 0 Å². The minimum Gasteiger partial charge on any atom is -0.377 e. The number of carbonyl (C=O) groups excluding carboxylic acids is 1. The molecule has 110 valence electrons. The first-order valence-corrected chi connectivity index (χ1v) is 6.72. The lowest BCUT2D eigenvalue weighted by Gasteiger charge is -2.36. The van der Waals surface area contributed by atoms with Gasteiger partial charge in [-0.2, -0.15) is 0 Å². The van der Waals surface area contributed by atoms with Gasteiger partial charge in [0.2, 0.25) is 5.91 Å². The second-order valence-corrected chi connectivity index (χ2v) is 5.05. The van der Waals surface area contributed by atoms with Crippen LogP contribution in [0.1, 0.15) is 25.3 Å². The number of rotatable bonds is 4. The lowest BCUT2D eigenvalue weighted by molar-refractivity contribution is -0.121. The van der Waals surface area contributed by atoms with Crippen molar-refractivity contribution in [2.75, 3.05) is 37.0 Å². The molecule has 7 nitrogen and oxygen atoms in total. The van der Waals surface area contributed by atoms with Crippen LogP contribution < -0.4 is 16.0 Å². The standard InChI is InChI=1S/C13H21N5O2/c1-8(2)10-12(15-3)16-7-17-13(10)18-4-5-20-6-9(18)11(14)19/h7-9H,4-6H2,1-3H3,(H2,14,19)(H,15,16,17). The summed E-state index contributed by atoms with van der Waals surface area (Å²) in [7, 11) is 1.82. The van der Waals surface area contributed by atoms with Crippen LogP contribution in [0.5, 0.6) is 0 Å². The molecule has 1 aromatic rings. The smallest absolute Gasteiger partial charge is 0.242 e. The molecule has 1 amide bonds. The molecule has 0 saturated carbocycles. The van der Waals surface area contributed by atoms with Gasteiger partial charge in [-0.1, -0.05) is 13.8 Å². The summed E-state index contributed by atoms with van der Waals surface area (Å²) in [6.45, 7) is 5.59. The van der Waals surface area contributed by atoms with Crippen LogP contribution in [0.2, 0.25) is 0 Å². The molecule has 2 heterocycles. The highest BCUT2D eigenvalue weighted by molar-refractivity contribution is 5.84. The number of aromatic nitrogens is 2. The van der Waals surface area contributed by atoms with Crippen LogP contribution in [-0.4, -0.2) is 48.7 Å². The van der Waals surface area contributed by atoms with E-state index in [2.05, 4.69) is 29.1 Å². The molecule has 1 atom stereocenters. The molecule has 1 fully saturated rings. The van der Waals surface area contributed by atoms with E-state index in [1.54, 1.807) is 0 Å². The Balaban J connectivity index is 2.47. The van der Waals surface area contributed by atoms with Gasteiger partial charge in [-0.05, 0) is 5.92 Å². The molecule has 0 bridgehead atoms. The number of hydrogen-bond acceptors (Lipinski definition) is 6. The first kappa shape index (κ1) is 14.5. The Kier molecular flexibility index (Phi) is 4.39. The number of hydrogen-bond donors (Lipinski definition) is 2. The summed E-state index contributed by atoms with van der Waals surface area (Å²) < 4.78 is 5.35. The van der Waals surface area contributed by atoms with E-state index in [4.69, 9.17) is 10.5 Å². The van der Waals surface area contributed by atoms with Crippen LogP contribution in [0, 0.1) is 0 Å². The van der Waals surface area contributed by atoms with Gasteiger partial charge in [0, 0.05) is 19.2 Å². The molecule has 20 heavy (non-hydrogen) atoms. The third kappa shape index (κ3) is 2.67. The molecule has 0 aromatic carbocycles. The number of nitrogens with one attached hydrogen (secondary N) is 1. The highest BCUT2D eigenvalue weighted by Gasteiger charge is 2.31. The first-order valence-electron chi connectivity index (χ1n) is 6.72. The minimum atomic E-state index is -0.485. The Bertz CT molecular complexity index is 492. The zero-order valence-corrected chi connectivity index (χ0v) is 12.1. The number of primary amides is 1. The van der Waals surface area contributed by atoms with Crippen molar-refractivity contribution in [3.63, 3.8) is 0 Å². The maximum Gasteiger partial charge on any atom is 0.242 e. The van der Waals surface area contributed by atoms with E-state index in [1.807, 2.05) is 11.9 Å². The zero-order chi connectivity index (χ0) is 14.7. The molecule has 0 radical (unpaired) electrons. The van der Waals surface area contributed by atoms with Crippen molar-refractivity contribution < 1.29 is 9.53 Å². The number of nitrogens with two attached hydrogens (primary N) is 1. The number of carbonyl (C=O) groups is 1. The monoisotopic (exact) mass is 279 g/mol. The molecule has 1 unspecified atom stereocenters. The van der Waals surface area contributed by atoms with Crippen molar-refractivity contribution in [1.82, 2.24) is 9.97 Å². The lowest BCUT2D eigenvalue weighted by atomic mass is 10.0. The van der Waals surface area contributed by atoms with Gasteiger partial charge in [0.25, 0.3) is 0 Å². The van der Waals surface area contributed by atoms with E-state index in [1.165, 1.54) is 6.33 Å². The SMILES string of the molecule is CNc1ncnc(N2CCOCC2C(N)=O)c1C(C)C. The van der Waals surface area contributed by atoms with Gasteiger partial charge in [0.1, 0.15) is 24.0 Å². The number of morpholine rings is 1. The first-order chi connectivity index (χ1) is 9.56. The van der Waals surface area contributed by atoms with Crippen molar-refractivity contribution in [2.45, 2.75) is 25.8 Å². The van der Waals surface area contributed by atoms with E-state index >= 15 is 0 Å². The molecule has 1 aliphatic rings. The second-order valence-electron chi connectivity index (χ2n) is 5.05. The van der Waals surface area contributed by atoms with Crippen LogP contribution in [0.15, 0.2) is 6.33 Å². The van der Waals surface area contributed by atoms with Gasteiger partial charge in [-0.3, -0.25) is 4.79 Å². The largest absolute Gasteiger partial charge is 0.377 e. The van der Waals surface area contributed by atoms with Crippen molar-refractivity contribution >= 4 is 17.5 Å². The summed E-state index contributed by atoms with van der Waals surface area (Å²) in [6, 6.07) is -0.485. The van der Waals surface area contributed by atoms with Gasteiger partial charge in [0.15, 0.2) is 0 Å². The maximum atomic E-state index is 11.6. The molecule has 0 aliphatic carbocycles. The molecule has 1 saturated heterocycles. The fourth-order valence-electron chi connectivity index (χ4n) is 2.44. The van der Waals surface area contributed by atoms with Crippen molar-refractivity contribution in [1.29, 1.82) is 0 Å². The number of anilines is 2. The zero-order valence-electron chi connectivity index (χ0n) is 12.1. The van der Waals surface area contributed by atoms with Crippen LogP contribution in [0.3, 0.4) is 0 Å². The van der Waals surface area contributed by atoms with E-state index in [0.29, 0.717) is 19.8 Å². The highest BCUT2D eigenvalue weighted by Crippen LogP contribution is 2.32. The fraction of sp³-hybridized carbons (Fsp3) is 0.615. The van der Waals surface area contributed by atoms with E-state index < -0.39 is 11.9 Å². The molecule has 0 spiro atoms. The summed E-state index contributed by atoms with van der Waals surface area (Å²) in [5.74, 6) is 1.36. The van der Waals surface area contributed by atoms with Crippen LogP contribution in [0.4, 0.5) is 11.6 Å². The summed E-state index contributed by atoms with van der Waals surface area (Å²) in [4.78, 5) is 22.2. The van der Waals surface area contributed by atoms with Gasteiger partial charge in [-0.15, -0.1) is 0 Å². The normalized spacial score (nSPS) is 19.2. The number of ether oxygens (including phenoxy) is 1. The molecule has 3 N–H and O–H groups in total. The highest BCUT2D eigenvalue weighted by atomic mass is 16.5. The quantitative estimate of drug-likeness (QED) is 0.825. The van der Waals surface area contributed by atoms with E-state index in [0.717, 1.165) is 17.2 Å². The fourth-order valence-corrected chi connectivity index (χ4v) is 2.44. The van der Waals surface area contributed by atoms with Crippen LogP contribution in [0.25, 0.3) is 0 Å². The Labute approximate surface area is 118 Å². The van der Waals surface area contributed by atoms with Gasteiger partial charge in [-0.25, -0.2) is 9.97 Å². The van der Waals surface area contributed by atoms with Gasteiger partial charge < -0.3 is 20.7 Å². The lowest BCUT2D eigenvalue weighted by Crippen LogP contribution is -2.53. The van der Waals surface area contributed by atoms with E-state index in [9.17, 15) is 4.79 Å². The summed E-state index contributed by atoms with van der Waals surface area (Å²) in [5.41, 5.74) is 6.46. The Morgan fingerprint density at radius 2 is 2.30 bits per heavy atom. The molecular formula is C13H21N5O2. The molecular weight excluding hydrogens is 258 g/mol. The predicted octanol–water partition coefficient (Wildman–Crippen LogP) is 0.332. The maximum absolute atomic E-state index is 11.6. The Hall–Kier alpha value is -1.89. The second kappa shape index (κ2) is 6.04. The molecule has 7 heteroatoms. The summed E-state index contributed by atoms with van der Waals surface area (Å²) >= 11 is 0. The van der Waals surface area contributed by atoms with Gasteiger partial charge >= 0.3 is 0 Å². The summed E-state index contributed by atoms with van der Waals surface area (Å²) in [6.07, 6.45) is 1.50. The number of amides is 1. The van der Waals surface area contributed by atoms with Crippen LogP contribution >= 0.6 is 0 Å². The average molecular weight is 279 g/mol. The van der Waals surface area contributed by atoms with Gasteiger partial charge in [0.05, 0.1) is 13.2 Å². The third-order valence-corrected chi connectivity index (χ3v) is 3.41. The minimum absolute atomic E-state index is 0.227. The van der Waals surface area contributed by atoms with Crippen molar-refractivity contribution in [2.24, 2.45) is 5.73 Å². The third-order valence-electron chi connectivity index (χ3n) is 3.41. The Morgan fingerprint density at radius 1 is 1.55 bits per heavy atom. The number of nitrogens with zero attached hydrogens (tertiary/aromatic N) is 3. The van der Waals surface area contributed by atoms with Crippen molar-refractivity contribution in [3.05, 3.63) is 11.9 Å². The van der Waals surface area contributed by atoms with E-state index in [-0.39, 0.29) is 5.92 Å². The molecule has 2 rings (SSSR count). The molecule has 1 aromatic heterocycles.